The Kier molecular flexibility index (Phi) is 48.4. The smallest absolute Gasteiger partial charge is 0.306 e. The van der Waals surface area contributed by atoms with E-state index in [1.807, 2.05) is 21.1 Å². The Morgan fingerprint density at radius 2 is 0.791 bits per heavy atom. The molecule has 0 spiro atoms. The predicted molar refractivity (Wildman–Crippen MR) is 282 cm³/mol. The first-order valence-corrected chi connectivity index (χ1v) is 30.0. The highest BCUT2D eigenvalue weighted by Crippen LogP contribution is 2.38. The first-order valence-electron chi connectivity index (χ1n) is 28.5. The summed E-state index contributed by atoms with van der Waals surface area (Å²) in [6.45, 7) is 4.25. The molecule has 0 aromatic heterocycles. The van der Waals surface area contributed by atoms with Gasteiger partial charge in [0.05, 0.1) is 27.7 Å². The molecule has 0 N–H and O–H groups in total. The van der Waals surface area contributed by atoms with Crippen molar-refractivity contribution >= 4 is 19.8 Å². The van der Waals surface area contributed by atoms with Gasteiger partial charge < -0.3 is 27.9 Å². The van der Waals surface area contributed by atoms with Gasteiger partial charge in [0, 0.05) is 12.8 Å². The van der Waals surface area contributed by atoms with Gasteiger partial charge in [-0.25, -0.2) is 0 Å². The number of quaternary nitrogens is 1. The third kappa shape index (κ3) is 53.7. The van der Waals surface area contributed by atoms with Gasteiger partial charge in [-0.3, -0.25) is 14.2 Å². The van der Waals surface area contributed by atoms with E-state index < -0.39 is 32.5 Å². The quantitative estimate of drug-likeness (QED) is 0.0195. The highest BCUT2D eigenvalue weighted by atomic mass is 31.2. The summed E-state index contributed by atoms with van der Waals surface area (Å²) in [6.07, 6.45) is 58.0. The largest absolute Gasteiger partial charge is 0.756 e. The van der Waals surface area contributed by atoms with E-state index in [-0.39, 0.29) is 26.1 Å². The molecule has 0 radical (unpaired) electrons. The van der Waals surface area contributed by atoms with Gasteiger partial charge in [0.2, 0.25) is 0 Å². The van der Waals surface area contributed by atoms with Crippen LogP contribution >= 0.6 is 7.82 Å². The normalized spacial score (nSPS) is 13.5. The van der Waals surface area contributed by atoms with Crippen LogP contribution in [0.4, 0.5) is 0 Å². The van der Waals surface area contributed by atoms with Crippen molar-refractivity contribution in [3.63, 3.8) is 0 Å². The summed E-state index contributed by atoms with van der Waals surface area (Å²) in [6, 6.07) is 0. The number of hydrogen-bond donors (Lipinski definition) is 0. The highest BCUT2D eigenvalue weighted by Gasteiger charge is 2.21. The van der Waals surface area contributed by atoms with Crippen LogP contribution in [0.25, 0.3) is 0 Å². The van der Waals surface area contributed by atoms with Crippen LogP contribution in [0.1, 0.15) is 277 Å². The molecular formula is C57H110NO8P. The van der Waals surface area contributed by atoms with E-state index in [2.05, 4.69) is 38.2 Å². The topological polar surface area (TPSA) is 111 Å². The summed E-state index contributed by atoms with van der Waals surface area (Å²) in [5.41, 5.74) is 0. The number of ether oxygens (including phenoxy) is 2. The molecule has 0 saturated heterocycles. The van der Waals surface area contributed by atoms with Crippen LogP contribution in [0.2, 0.25) is 0 Å². The Hall–Kier alpha value is -1.51. The molecule has 2 atom stereocenters. The Morgan fingerprint density at radius 1 is 0.448 bits per heavy atom. The Balaban J connectivity index is 4.20. The molecule has 0 bridgehead atoms. The van der Waals surface area contributed by atoms with E-state index in [0.717, 1.165) is 38.5 Å². The molecule has 67 heavy (non-hydrogen) atoms. The summed E-state index contributed by atoms with van der Waals surface area (Å²) in [4.78, 5) is 37.8. The highest BCUT2D eigenvalue weighted by molar-refractivity contribution is 7.45. The van der Waals surface area contributed by atoms with Crippen molar-refractivity contribution in [3.8, 4) is 0 Å². The number of phosphoric ester groups is 1. The number of likely N-dealkylation sites (N-methyl/N-ethyl adjacent to an activating group) is 1. The number of phosphoric acid groups is 1. The van der Waals surface area contributed by atoms with Crippen LogP contribution in [-0.4, -0.2) is 70.0 Å². The molecule has 0 heterocycles. The fourth-order valence-electron chi connectivity index (χ4n) is 8.27. The third-order valence-electron chi connectivity index (χ3n) is 12.7. The van der Waals surface area contributed by atoms with E-state index in [1.165, 1.54) is 199 Å². The number of carbonyl (C=O) groups excluding carboxylic acids is 2. The van der Waals surface area contributed by atoms with E-state index >= 15 is 0 Å². The molecule has 10 heteroatoms. The lowest BCUT2D eigenvalue weighted by Gasteiger charge is -2.28. The van der Waals surface area contributed by atoms with Crippen LogP contribution in [0.5, 0.6) is 0 Å². The minimum Gasteiger partial charge on any atom is -0.756 e. The molecule has 0 aliphatic carbocycles. The first kappa shape index (κ1) is 65.5. The van der Waals surface area contributed by atoms with Gasteiger partial charge in [0.25, 0.3) is 7.82 Å². The molecule has 0 rings (SSSR count). The molecule has 0 aliphatic rings. The molecule has 0 aromatic rings. The molecule has 0 saturated carbocycles. The molecule has 9 nitrogen and oxygen atoms in total. The van der Waals surface area contributed by atoms with Gasteiger partial charge in [-0.05, 0) is 44.9 Å². The lowest BCUT2D eigenvalue weighted by molar-refractivity contribution is -0.870. The zero-order valence-corrected chi connectivity index (χ0v) is 45.8. The number of hydrogen-bond acceptors (Lipinski definition) is 8. The Morgan fingerprint density at radius 3 is 1.19 bits per heavy atom. The summed E-state index contributed by atoms with van der Waals surface area (Å²) in [7, 11) is 1.16. The van der Waals surface area contributed by atoms with E-state index in [4.69, 9.17) is 18.5 Å². The van der Waals surface area contributed by atoms with Gasteiger partial charge in [0.1, 0.15) is 19.8 Å². The predicted octanol–water partition coefficient (Wildman–Crippen LogP) is 16.8. The molecule has 396 valence electrons. The zero-order valence-electron chi connectivity index (χ0n) is 44.9. The number of allylic oxidation sites excluding steroid dienone is 4. The second-order valence-electron chi connectivity index (χ2n) is 20.6. The number of esters is 2. The number of nitrogens with zero attached hydrogens (tertiary/aromatic N) is 1. The maximum atomic E-state index is 12.8. The van der Waals surface area contributed by atoms with Crippen molar-refractivity contribution in [2.75, 3.05) is 47.5 Å². The van der Waals surface area contributed by atoms with Gasteiger partial charge in [-0.15, -0.1) is 0 Å². The van der Waals surface area contributed by atoms with Gasteiger partial charge in [0.15, 0.2) is 6.10 Å². The summed E-state index contributed by atoms with van der Waals surface area (Å²) in [5, 5.41) is 0. The Bertz CT molecular complexity index is 1190. The van der Waals surface area contributed by atoms with Gasteiger partial charge in [-0.1, -0.05) is 244 Å². The van der Waals surface area contributed by atoms with Gasteiger partial charge >= 0.3 is 11.9 Å². The first-order chi connectivity index (χ1) is 32.5. The van der Waals surface area contributed by atoms with Crippen LogP contribution in [0.15, 0.2) is 24.3 Å². The van der Waals surface area contributed by atoms with Crippen molar-refractivity contribution in [1.82, 2.24) is 0 Å². The van der Waals surface area contributed by atoms with Crippen LogP contribution < -0.4 is 4.89 Å². The molecule has 0 amide bonds. The fourth-order valence-corrected chi connectivity index (χ4v) is 9.00. The maximum absolute atomic E-state index is 12.8. The molecule has 0 aromatic carbocycles. The second kappa shape index (κ2) is 49.5. The van der Waals surface area contributed by atoms with E-state index in [9.17, 15) is 19.0 Å². The average Bonchev–Trinajstić information content (AvgIpc) is 3.29. The number of unbranched alkanes of at least 4 members (excludes halogenated alkanes) is 35. The van der Waals surface area contributed by atoms with Crippen molar-refractivity contribution in [2.24, 2.45) is 0 Å². The number of rotatable bonds is 53. The van der Waals surface area contributed by atoms with Crippen molar-refractivity contribution < 1.29 is 42.1 Å². The van der Waals surface area contributed by atoms with Crippen molar-refractivity contribution in [1.29, 1.82) is 0 Å². The lowest BCUT2D eigenvalue weighted by Crippen LogP contribution is -2.37. The zero-order chi connectivity index (χ0) is 49.2. The standard InChI is InChI=1S/C57H110NO8P/c1-6-8-10-12-14-16-18-20-22-24-26-28-29-30-32-33-35-37-39-41-43-45-47-49-56(59)63-53-55(54-65-67(61,62)64-52-51-58(3,4)5)66-57(60)50-48-46-44-42-40-38-36-34-31-27-25-23-21-19-17-15-13-11-9-7-2/h33,35,41,43,55H,6-32,34,36-40,42,44-54H2,1-5H3/b35-33+,43-41+/t55-/m1/s1. The molecular weight excluding hydrogens is 858 g/mol. The van der Waals surface area contributed by atoms with Crippen LogP contribution in [0, 0.1) is 0 Å². The summed E-state index contributed by atoms with van der Waals surface area (Å²) >= 11 is 0. The fraction of sp³-hybridized carbons (Fsp3) is 0.895. The maximum Gasteiger partial charge on any atom is 0.306 e. The monoisotopic (exact) mass is 968 g/mol. The lowest BCUT2D eigenvalue weighted by atomic mass is 10.0. The van der Waals surface area contributed by atoms with E-state index in [1.54, 1.807) is 0 Å². The average molecular weight is 968 g/mol. The second-order valence-corrected chi connectivity index (χ2v) is 22.1. The Labute approximate surface area is 415 Å². The summed E-state index contributed by atoms with van der Waals surface area (Å²) in [5.74, 6) is -0.868. The number of carbonyl (C=O) groups is 2. The van der Waals surface area contributed by atoms with Gasteiger partial charge in [-0.2, -0.15) is 0 Å². The minimum atomic E-state index is -4.64. The van der Waals surface area contributed by atoms with Crippen LogP contribution in [0.3, 0.4) is 0 Å². The third-order valence-corrected chi connectivity index (χ3v) is 13.7. The van der Waals surface area contributed by atoms with Crippen molar-refractivity contribution in [3.05, 3.63) is 24.3 Å². The SMILES string of the molecule is CCCCCCCCCCCCCCCC/C=C/CC/C=C/CCCC(=O)OC[C@H](COP(=O)([O-])OCC[N+](C)(C)C)OC(=O)CCCCCCCCCCCCCCCCCCCCCC. The van der Waals surface area contributed by atoms with Crippen molar-refractivity contribution in [2.45, 2.75) is 283 Å². The minimum absolute atomic E-state index is 0.0339. The van der Waals surface area contributed by atoms with E-state index in [0.29, 0.717) is 23.9 Å². The summed E-state index contributed by atoms with van der Waals surface area (Å²) < 4.78 is 34.1. The molecule has 0 aliphatic heterocycles. The molecule has 1 unspecified atom stereocenters. The molecule has 0 fully saturated rings. The van der Waals surface area contributed by atoms with Crippen LogP contribution in [-0.2, 0) is 32.7 Å².